The first-order valence-electron chi connectivity index (χ1n) is 6.16. The van der Waals surface area contributed by atoms with E-state index in [1.807, 2.05) is 29.4 Å². The molecule has 0 saturated carbocycles. The molecule has 1 aromatic heterocycles. The molecular formula is C13H18N4S2. The van der Waals surface area contributed by atoms with E-state index in [0.29, 0.717) is 11.2 Å². The summed E-state index contributed by atoms with van der Waals surface area (Å²) < 4.78 is 1.82. The van der Waals surface area contributed by atoms with Crippen molar-refractivity contribution in [2.24, 2.45) is 7.05 Å². The number of aromatic nitrogens is 3. The van der Waals surface area contributed by atoms with Gasteiger partial charge in [-0.15, -0.1) is 22.0 Å². The van der Waals surface area contributed by atoms with Gasteiger partial charge in [-0.3, -0.25) is 4.57 Å². The van der Waals surface area contributed by atoms with Crippen LogP contribution in [0.3, 0.4) is 0 Å². The van der Waals surface area contributed by atoms with Crippen LogP contribution in [-0.2, 0) is 7.05 Å². The van der Waals surface area contributed by atoms with Crippen LogP contribution in [0.4, 0.5) is 5.95 Å². The van der Waals surface area contributed by atoms with Gasteiger partial charge >= 0.3 is 0 Å². The molecule has 0 fully saturated rings. The number of thioether (sulfide) groups is 2. The van der Waals surface area contributed by atoms with E-state index in [1.165, 1.54) is 4.90 Å². The number of nitrogen functional groups attached to an aromatic ring is 1. The Labute approximate surface area is 122 Å². The zero-order chi connectivity index (χ0) is 13.7. The summed E-state index contributed by atoms with van der Waals surface area (Å²) in [6.07, 6.45) is 1.12. The summed E-state index contributed by atoms with van der Waals surface area (Å²) in [6.45, 7) is 2.21. The first kappa shape index (κ1) is 14.3. The highest BCUT2D eigenvalue weighted by molar-refractivity contribution is 8.00. The third-order valence-electron chi connectivity index (χ3n) is 2.71. The van der Waals surface area contributed by atoms with Gasteiger partial charge < -0.3 is 5.73 Å². The Balaban J connectivity index is 1.76. The number of rotatable bonds is 6. The van der Waals surface area contributed by atoms with Crippen LogP contribution in [0.5, 0.6) is 0 Å². The van der Waals surface area contributed by atoms with Crippen LogP contribution in [0.15, 0.2) is 40.4 Å². The van der Waals surface area contributed by atoms with Crippen molar-refractivity contribution in [2.45, 2.75) is 28.6 Å². The second-order valence-corrected chi connectivity index (χ2v) is 6.85. The fourth-order valence-corrected chi connectivity index (χ4v) is 3.67. The molecule has 2 N–H and O–H groups in total. The molecule has 0 bridgehead atoms. The fourth-order valence-electron chi connectivity index (χ4n) is 1.53. The molecule has 1 heterocycles. The molecule has 2 rings (SSSR count). The molecule has 0 saturated heterocycles. The van der Waals surface area contributed by atoms with Crippen molar-refractivity contribution in [3.63, 3.8) is 0 Å². The van der Waals surface area contributed by atoms with E-state index in [9.17, 15) is 0 Å². The molecule has 0 spiro atoms. The summed E-state index contributed by atoms with van der Waals surface area (Å²) in [7, 11) is 1.89. The zero-order valence-electron chi connectivity index (χ0n) is 11.1. The summed E-state index contributed by atoms with van der Waals surface area (Å²) in [6, 6.07) is 10.5. The molecule has 0 radical (unpaired) electrons. The summed E-state index contributed by atoms with van der Waals surface area (Å²) in [5, 5.41) is 9.31. The Morgan fingerprint density at radius 2 is 2.00 bits per heavy atom. The van der Waals surface area contributed by atoms with E-state index in [2.05, 4.69) is 41.4 Å². The van der Waals surface area contributed by atoms with Crippen LogP contribution in [0.2, 0.25) is 0 Å². The lowest BCUT2D eigenvalue weighted by Crippen LogP contribution is -2.02. The second-order valence-electron chi connectivity index (χ2n) is 4.28. The molecular weight excluding hydrogens is 276 g/mol. The molecule has 4 nitrogen and oxygen atoms in total. The number of hydrogen-bond donors (Lipinski definition) is 1. The predicted molar refractivity (Wildman–Crippen MR) is 82.5 cm³/mol. The average Bonchev–Trinajstić information content (AvgIpc) is 2.72. The van der Waals surface area contributed by atoms with E-state index < -0.39 is 0 Å². The van der Waals surface area contributed by atoms with Crippen molar-refractivity contribution in [2.75, 3.05) is 11.5 Å². The van der Waals surface area contributed by atoms with Gasteiger partial charge in [0.2, 0.25) is 5.95 Å². The van der Waals surface area contributed by atoms with E-state index in [4.69, 9.17) is 5.73 Å². The maximum Gasteiger partial charge on any atom is 0.222 e. The molecule has 0 unspecified atom stereocenters. The Kier molecular flexibility index (Phi) is 5.15. The molecule has 0 amide bonds. The summed E-state index contributed by atoms with van der Waals surface area (Å²) in [5.41, 5.74) is 5.66. The average molecular weight is 294 g/mol. The van der Waals surface area contributed by atoms with Crippen LogP contribution >= 0.6 is 23.5 Å². The van der Waals surface area contributed by atoms with Gasteiger partial charge in [-0.25, -0.2) is 0 Å². The van der Waals surface area contributed by atoms with Crippen LogP contribution in [-0.4, -0.2) is 25.8 Å². The van der Waals surface area contributed by atoms with Crippen LogP contribution < -0.4 is 5.73 Å². The van der Waals surface area contributed by atoms with Gasteiger partial charge in [0.15, 0.2) is 5.16 Å². The predicted octanol–water partition coefficient (Wildman–Crippen LogP) is 3.06. The number of nitrogens with zero attached hydrogens (tertiary/aromatic N) is 3. The maximum absolute atomic E-state index is 5.66. The molecule has 0 aliphatic rings. The van der Waals surface area contributed by atoms with E-state index in [0.717, 1.165) is 17.3 Å². The second kappa shape index (κ2) is 6.86. The zero-order valence-corrected chi connectivity index (χ0v) is 12.7. The topological polar surface area (TPSA) is 56.7 Å². The van der Waals surface area contributed by atoms with Crippen molar-refractivity contribution in [1.82, 2.24) is 14.8 Å². The highest BCUT2D eigenvalue weighted by Gasteiger charge is 2.11. The maximum atomic E-state index is 5.66. The van der Waals surface area contributed by atoms with Crippen molar-refractivity contribution < 1.29 is 0 Å². The lowest BCUT2D eigenvalue weighted by Gasteiger charge is -2.10. The van der Waals surface area contributed by atoms with Gasteiger partial charge in [0.1, 0.15) is 0 Å². The SMILES string of the molecule is C[C@H](CCSc1ccccc1)Sc1nnc(N)n1C. The molecule has 102 valence electrons. The Morgan fingerprint density at radius 1 is 1.26 bits per heavy atom. The number of benzene rings is 1. The summed E-state index contributed by atoms with van der Waals surface area (Å²) >= 11 is 3.61. The highest BCUT2D eigenvalue weighted by atomic mass is 32.2. The van der Waals surface area contributed by atoms with Gasteiger partial charge in [0, 0.05) is 17.2 Å². The normalized spacial score (nSPS) is 12.5. The standard InChI is InChI=1S/C13H18N4S2/c1-10(19-13-16-15-12(14)17(13)2)8-9-18-11-6-4-3-5-7-11/h3-7,10H,8-9H2,1-2H3,(H2,14,15)/t10-/m1/s1. The number of anilines is 1. The number of hydrogen-bond acceptors (Lipinski definition) is 5. The lowest BCUT2D eigenvalue weighted by molar-refractivity contribution is 0.786. The quantitative estimate of drug-likeness (QED) is 0.830. The highest BCUT2D eigenvalue weighted by Crippen LogP contribution is 2.26. The summed E-state index contributed by atoms with van der Waals surface area (Å²) in [4.78, 5) is 1.32. The molecule has 0 aliphatic heterocycles. The number of nitrogens with two attached hydrogens (primary N) is 1. The Morgan fingerprint density at radius 3 is 2.63 bits per heavy atom. The first-order chi connectivity index (χ1) is 9.16. The third kappa shape index (κ3) is 4.18. The molecule has 19 heavy (non-hydrogen) atoms. The minimum Gasteiger partial charge on any atom is -0.368 e. The lowest BCUT2D eigenvalue weighted by atomic mass is 10.4. The van der Waals surface area contributed by atoms with E-state index in [1.54, 1.807) is 11.8 Å². The smallest absolute Gasteiger partial charge is 0.222 e. The Bertz CT molecular complexity index is 513. The van der Waals surface area contributed by atoms with Crippen molar-refractivity contribution in [3.8, 4) is 0 Å². The van der Waals surface area contributed by atoms with Gasteiger partial charge in [-0.05, 0) is 24.3 Å². The molecule has 1 atom stereocenters. The van der Waals surface area contributed by atoms with Crippen LogP contribution in [0, 0.1) is 0 Å². The first-order valence-corrected chi connectivity index (χ1v) is 8.02. The van der Waals surface area contributed by atoms with E-state index in [-0.39, 0.29) is 0 Å². The third-order valence-corrected chi connectivity index (χ3v) is 4.96. The summed E-state index contributed by atoms with van der Waals surface area (Å²) in [5.74, 6) is 1.57. The molecule has 2 aromatic rings. The van der Waals surface area contributed by atoms with Crippen molar-refractivity contribution in [3.05, 3.63) is 30.3 Å². The largest absolute Gasteiger partial charge is 0.368 e. The minimum absolute atomic E-state index is 0.466. The van der Waals surface area contributed by atoms with Gasteiger partial charge in [-0.1, -0.05) is 36.9 Å². The monoisotopic (exact) mass is 294 g/mol. The van der Waals surface area contributed by atoms with Crippen LogP contribution in [0.25, 0.3) is 0 Å². The fraction of sp³-hybridized carbons (Fsp3) is 0.385. The van der Waals surface area contributed by atoms with Crippen molar-refractivity contribution >= 4 is 29.5 Å². The molecule has 6 heteroatoms. The van der Waals surface area contributed by atoms with Crippen molar-refractivity contribution in [1.29, 1.82) is 0 Å². The Hall–Kier alpha value is -1.14. The molecule has 0 aliphatic carbocycles. The van der Waals surface area contributed by atoms with Gasteiger partial charge in [0.25, 0.3) is 0 Å². The van der Waals surface area contributed by atoms with E-state index >= 15 is 0 Å². The minimum atomic E-state index is 0.466. The van der Waals surface area contributed by atoms with Gasteiger partial charge in [0.05, 0.1) is 0 Å². The van der Waals surface area contributed by atoms with Gasteiger partial charge in [-0.2, -0.15) is 0 Å². The molecule has 1 aromatic carbocycles. The van der Waals surface area contributed by atoms with Crippen LogP contribution in [0.1, 0.15) is 13.3 Å².